The number of unbranched alkanes of at least 4 members (excludes halogenated alkanes) is 1. The summed E-state index contributed by atoms with van der Waals surface area (Å²) in [4.78, 5) is 277. The van der Waals surface area contributed by atoms with Crippen LogP contribution in [-0.4, -0.2) is 395 Å². The van der Waals surface area contributed by atoms with Crippen molar-refractivity contribution in [3.05, 3.63) is 54.2 Å². The smallest absolute Gasteiger partial charge is 0.317 e. The van der Waals surface area contributed by atoms with Crippen molar-refractivity contribution in [2.24, 2.45) is 23.3 Å². The number of aromatic nitrogens is 3. The van der Waals surface area contributed by atoms with Gasteiger partial charge in [-0.2, -0.15) is 11.8 Å². The zero-order valence-corrected chi connectivity index (χ0v) is 72.3. The number of fused-ring (bicyclic) bond motifs is 1. The quantitative estimate of drug-likeness (QED) is 0.0234. The summed E-state index contributed by atoms with van der Waals surface area (Å²) >= 11 is 1.42. The van der Waals surface area contributed by atoms with Gasteiger partial charge in [-0.15, -0.1) is 0 Å². The third-order valence-corrected chi connectivity index (χ3v) is 19.8. The number of carbonyl (C=O) groups is 20. The highest BCUT2D eigenvalue weighted by Crippen LogP contribution is 2.20. The van der Waals surface area contributed by atoms with E-state index >= 15 is 0 Å². The minimum atomic E-state index is -1.82. The maximum absolute atomic E-state index is 14.9. The lowest BCUT2D eigenvalue weighted by molar-refractivity contribution is -0.144. The van der Waals surface area contributed by atoms with Gasteiger partial charge in [0.1, 0.15) is 48.3 Å². The zero-order chi connectivity index (χ0) is 95.2. The summed E-state index contributed by atoms with van der Waals surface area (Å²) in [7, 11) is 0. The van der Waals surface area contributed by atoms with Crippen molar-refractivity contribution in [1.29, 1.82) is 0 Å². The van der Waals surface area contributed by atoms with Crippen molar-refractivity contribution in [2.45, 2.75) is 141 Å². The first-order chi connectivity index (χ1) is 59.8. The number of para-hydroxylation sites is 1. The molecule has 24 N–H and O–H groups in total. The Morgan fingerprint density at radius 3 is 1.32 bits per heavy atom. The first-order valence-electron chi connectivity index (χ1n) is 40.4. The number of H-pyrrole nitrogens is 2. The fourth-order valence-corrected chi connectivity index (χ4v) is 13.3. The van der Waals surface area contributed by atoms with Crippen LogP contribution in [0, 0.1) is 11.8 Å². The molecule has 12 amide bonds. The number of benzene rings is 1. The highest BCUT2D eigenvalue weighted by atomic mass is 32.2. The number of nitrogens with one attached hydrogen (secondary N) is 12. The fraction of sp³-hybridized carbons (Fsp3) is 0.597. The van der Waals surface area contributed by atoms with Crippen molar-refractivity contribution in [3.8, 4) is 0 Å². The number of hydrogen-bond acceptors (Lipinski definition) is 28. The summed E-state index contributed by atoms with van der Waals surface area (Å²) < 4.78 is 0. The van der Waals surface area contributed by atoms with E-state index in [0.717, 1.165) is 19.6 Å². The van der Waals surface area contributed by atoms with Gasteiger partial charge in [-0.05, 0) is 80.9 Å². The number of hydrogen-bond donors (Lipinski definition) is 22. The van der Waals surface area contributed by atoms with E-state index in [-0.39, 0.29) is 103 Å². The number of nitrogens with two attached hydrogens (primary N) is 2. The molecule has 1 aromatic carbocycles. The van der Waals surface area contributed by atoms with Gasteiger partial charge in [0, 0.05) is 101 Å². The van der Waals surface area contributed by atoms with Crippen molar-refractivity contribution in [2.75, 3.05) is 143 Å². The van der Waals surface area contributed by atoms with E-state index in [1.807, 2.05) is 0 Å². The molecule has 49 nitrogen and oxygen atoms in total. The minimum Gasteiger partial charge on any atom is -0.480 e. The van der Waals surface area contributed by atoms with E-state index < -0.39 is 264 Å². The molecule has 0 aliphatic heterocycles. The monoisotopic (exact) mass is 1820 g/mol. The Morgan fingerprint density at radius 1 is 0.425 bits per heavy atom. The molecule has 127 heavy (non-hydrogen) atoms. The van der Waals surface area contributed by atoms with Crippen LogP contribution in [0.5, 0.6) is 0 Å². The van der Waals surface area contributed by atoms with Gasteiger partial charge in [0.2, 0.25) is 70.9 Å². The molecule has 2 aromatic heterocycles. The molecule has 0 unspecified atom stereocenters. The number of aliphatic carboxylic acids is 8. The number of carbonyl (C=O) groups excluding carboxylic acids is 12. The van der Waals surface area contributed by atoms with Gasteiger partial charge < -0.3 is 115 Å². The number of aromatic amines is 2. The van der Waals surface area contributed by atoms with Crippen LogP contribution in [0.2, 0.25) is 0 Å². The zero-order valence-electron chi connectivity index (χ0n) is 71.5. The molecule has 0 saturated carbocycles. The number of amides is 12. The lowest BCUT2D eigenvalue weighted by Gasteiger charge is -2.28. The number of primary amides is 2. The van der Waals surface area contributed by atoms with Crippen molar-refractivity contribution >= 4 is 141 Å². The number of imidazole rings is 1. The SMILES string of the molecule is CSCC[C@H](NC(=O)[C@H](CC(C)C)NC(=O)[C@H](Cc1c[nH]cn1)NC(=O)CNC(=O)[C@@H](NC(=O)[C@H](C)NC(=O)[C@H](Cc1c[nH]c2ccccc12)NC(=O)[C@H](CCC(N)=O)NC(=O)[C@H](CCCCNC(=O)CN(CCN(CCN(CC(=O)O)CC(=O)O)CC(=O)O)CC(=O)O)NC(=O)CN(CCN(CCN(CC(=O)O)CC(=O)O)CC(=O)O)CC(=O)O)C(C)C)C(N)=O. The minimum absolute atomic E-state index is 0.0252. The Kier molecular flexibility index (Phi) is 48.9. The molecule has 0 aliphatic rings. The summed E-state index contributed by atoms with van der Waals surface area (Å²) in [5, 5.41) is 102. The van der Waals surface area contributed by atoms with E-state index in [4.69, 9.17) is 11.5 Å². The molecule has 50 heteroatoms. The standard InChI is InChI=1S/C77H119N21O28S/c1-44(2)27-54(75(124)88-51(70(79)119)16-26-127-6)90-76(125)56(29-48-31-80-43-84-48)87-58(100)32-83-77(126)69(45(3)4)92-71(120)46(5)85-74(123)55(28-47-30-82-50-12-8-7-11-49(47)50)91-73(122)53(14-15-57(78)99)89-72(121)52(86-60(102)34-96(38-64(109)110)23-19-94(36-62(105)106)21-25-98(41-67(115)116)42-68(117)118)13-9-10-17-81-59(101)33-95(37-63(107)108)22-18-93(35-61(103)104)20-24-97(39-65(111)112)40-66(113)114/h7-8,11-12,30-31,43-46,51-56,69,82H,9-10,13-29,32-42H2,1-6H3,(H2,78,99)(H2,79,119)(H,80,84)(H,81,101)(H,83,126)(H,85,123)(H,86,102)(H,87,100)(H,88,124)(H,89,121)(H,90,125)(H,91,122)(H,92,120)(H,103,104)(H,105,106)(H,107,108)(H,109,110)(H,111,112)(H,113,114)(H,115,116)(H,117,118)/t46-,51-,52-,53-,54-,55-,56-,69-/m0/s1. The van der Waals surface area contributed by atoms with Crippen LogP contribution in [-0.2, 0) is 109 Å². The molecule has 0 spiro atoms. The molecule has 0 fully saturated rings. The summed E-state index contributed by atoms with van der Waals surface area (Å²) in [5.41, 5.74) is 12.5. The molecular weight excluding hydrogens is 1700 g/mol. The largest absolute Gasteiger partial charge is 0.480 e. The molecule has 2 heterocycles. The topological polar surface area (TPSA) is 739 Å². The average molecular weight is 1820 g/mol. The third kappa shape index (κ3) is 45.3. The van der Waals surface area contributed by atoms with Crippen LogP contribution in [0.25, 0.3) is 10.9 Å². The number of thioether (sulfide) groups is 1. The van der Waals surface area contributed by atoms with Crippen molar-refractivity contribution in [1.82, 2.24) is 97.5 Å². The van der Waals surface area contributed by atoms with Gasteiger partial charge in [0.15, 0.2) is 0 Å². The summed E-state index contributed by atoms with van der Waals surface area (Å²) in [5.74, 6) is -22.8. The first-order valence-corrected chi connectivity index (χ1v) is 41.8. The van der Waals surface area contributed by atoms with Gasteiger partial charge in [0.05, 0.1) is 84.0 Å². The van der Waals surface area contributed by atoms with E-state index in [1.165, 1.54) is 47.2 Å². The van der Waals surface area contributed by atoms with Crippen LogP contribution in [0.1, 0.15) is 90.8 Å². The molecular formula is C77H119N21O28S. The molecule has 0 bridgehead atoms. The molecule has 0 saturated heterocycles. The van der Waals surface area contributed by atoms with Crippen LogP contribution >= 0.6 is 11.8 Å². The Hall–Kier alpha value is -12.5. The van der Waals surface area contributed by atoms with E-state index in [9.17, 15) is 137 Å². The van der Waals surface area contributed by atoms with Gasteiger partial charge in [0.25, 0.3) is 0 Å². The summed E-state index contributed by atoms with van der Waals surface area (Å²) in [6.45, 7) is -2.57. The van der Waals surface area contributed by atoms with Crippen molar-refractivity contribution < 1.29 is 137 Å². The Labute approximate surface area is 733 Å². The second-order valence-electron chi connectivity index (χ2n) is 30.7. The van der Waals surface area contributed by atoms with Crippen LogP contribution in [0.15, 0.2) is 43.0 Å². The third-order valence-electron chi connectivity index (χ3n) is 19.1. The predicted molar refractivity (Wildman–Crippen MR) is 450 cm³/mol. The van der Waals surface area contributed by atoms with Crippen molar-refractivity contribution in [3.63, 3.8) is 0 Å². The van der Waals surface area contributed by atoms with E-state index in [1.54, 1.807) is 58.2 Å². The Balaban J connectivity index is 1.99. The van der Waals surface area contributed by atoms with E-state index in [2.05, 4.69) is 68.1 Å². The average Bonchev–Trinajstić information content (AvgIpc) is 1.57. The molecule has 0 radical (unpaired) electrons. The van der Waals surface area contributed by atoms with E-state index in [0.29, 0.717) is 27.9 Å². The molecule has 3 aromatic rings. The van der Waals surface area contributed by atoms with Crippen LogP contribution in [0.4, 0.5) is 0 Å². The maximum atomic E-state index is 14.9. The highest BCUT2D eigenvalue weighted by molar-refractivity contribution is 7.98. The van der Waals surface area contributed by atoms with Crippen LogP contribution < -0.4 is 64.6 Å². The van der Waals surface area contributed by atoms with Gasteiger partial charge in [-0.3, -0.25) is 125 Å². The predicted octanol–water partition coefficient (Wildman–Crippen LogP) is -7.33. The van der Waals surface area contributed by atoms with Gasteiger partial charge in [-0.1, -0.05) is 45.9 Å². The maximum Gasteiger partial charge on any atom is 0.317 e. The number of nitrogens with zero attached hydrogens (tertiary/aromatic N) is 7. The normalized spacial score (nSPS) is 13.3. The van der Waals surface area contributed by atoms with Gasteiger partial charge >= 0.3 is 47.8 Å². The molecule has 706 valence electrons. The number of carboxylic acid groups (broad SMARTS) is 8. The lowest BCUT2D eigenvalue weighted by atomic mass is 10.0. The lowest BCUT2D eigenvalue weighted by Crippen LogP contribution is -2.60. The summed E-state index contributed by atoms with van der Waals surface area (Å²) in [6, 6.07) is -5.01. The molecule has 8 atom stereocenters. The summed E-state index contributed by atoms with van der Waals surface area (Å²) in [6.07, 6.45) is 4.21. The molecule has 3 rings (SSSR count). The second kappa shape index (κ2) is 57.2. The van der Waals surface area contributed by atoms with Gasteiger partial charge in [-0.25, -0.2) is 4.98 Å². The highest BCUT2D eigenvalue weighted by Gasteiger charge is 2.36. The Morgan fingerprint density at radius 2 is 0.850 bits per heavy atom. The number of rotatable bonds is 68. The molecule has 0 aliphatic carbocycles. The van der Waals surface area contributed by atoms with Crippen LogP contribution in [0.3, 0.4) is 0 Å². The Bertz CT molecular complexity index is 4200. The first kappa shape index (κ1) is 109. The second-order valence-corrected chi connectivity index (χ2v) is 31.7. The number of carboxylic acids is 8. The fourth-order valence-electron chi connectivity index (χ4n) is 12.9.